The van der Waals surface area contributed by atoms with Crippen LogP contribution < -0.4 is 20.1 Å². The van der Waals surface area contributed by atoms with Crippen molar-refractivity contribution < 1.29 is 19.1 Å². The molecule has 0 unspecified atom stereocenters. The number of unbranched alkanes of at least 4 members (excludes halogenated alkanes) is 3. The van der Waals surface area contributed by atoms with E-state index in [9.17, 15) is 9.59 Å². The second-order valence-corrected chi connectivity index (χ2v) is 5.16. The van der Waals surface area contributed by atoms with E-state index in [4.69, 9.17) is 9.47 Å². The zero-order valence-electron chi connectivity index (χ0n) is 14.1. The third kappa shape index (κ3) is 6.59. The van der Waals surface area contributed by atoms with Crippen LogP contribution in [0.5, 0.6) is 11.5 Å². The van der Waals surface area contributed by atoms with Crippen molar-refractivity contribution in [3.63, 3.8) is 0 Å². The molecule has 6 heteroatoms. The fourth-order valence-electron chi connectivity index (χ4n) is 2.08. The van der Waals surface area contributed by atoms with Gasteiger partial charge in [-0.1, -0.05) is 26.2 Å². The highest BCUT2D eigenvalue weighted by molar-refractivity contribution is 5.97. The molecule has 1 aromatic carbocycles. The molecule has 0 fully saturated rings. The maximum absolute atomic E-state index is 12.0. The van der Waals surface area contributed by atoms with E-state index in [2.05, 4.69) is 17.6 Å². The molecule has 0 aliphatic rings. The fourth-order valence-corrected chi connectivity index (χ4v) is 2.08. The Morgan fingerprint density at radius 1 is 1.00 bits per heavy atom. The van der Waals surface area contributed by atoms with Gasteiger partial charge in [0.15, 0.2) is 11.5 Å². The molecule has 1 aromatic rings. The summed E-state index contributed by atoms with van der Waals surface area (Å²) in [6.45, 7) is 2.74. The topological polar surface area (TPSA) is 76.7 Å². The molecular formula is C17H26N2O4. The van der Waals surface area contributed by atoms with Crippen LogP contribution in [0.1, 0.15) is 43.0 Å². The van der Waals surface area contributed by atoms with Gasteiger partial charge >= 0.3 is 0 Å². The van der Waals surface area contributed by atoms with E-state index >= 15 is 0 Å². The molecule has 0 spiro atoms. The van der Waals surface area contributed by atoms with E-state index in [1.165, 1.54) is 20.6 Å². The Kier molecular flexibility index (Phi) is 8.57. The molecule has 0 saturated carbocycles. The van der Waals surface area contributed by atoms with Crippen LogP contribution in [0.2, 0.25) is 0 Å². The Morgan fingerprint density at radius 3 is 2.39 bits per heavy atom. The SMILES string of the molecule is CCCCCCNC(=O)CNC(=O)c1ccc(OC)c(OC)c1. The number of carbonyl (C=O) groups is 2. The van der Waals surface area contributed by atoms with Crippen LogP contribution >= 0.6 is 0 Å². The van der Waals surface area contributed by atoms with Crippen molar-refractivity contribution in [2.24, 2.45) is 0 Å². The van der Waals surface area contributed by atoms with Crippen molar-refractivity contribution in [1.29, 1.82) is 0 Å². The lowest BCUT2D eigenvalue weighted by Gasteiger charge is -2.10. The number of hydrogen-bond donors (Lipinski definition) is 2. The van der Waals surface area contributed by atoms with Crippen LogP contribution in [-0.4, -0.2) is 39.1 Å². The first kappa shape index (κ1) is 18.8. The molecular weight excluding hydrogens is 296 g/mol. The van der Waals surface area contributed by atoms with E-state index in [1.807, 2.05) is 0 Å². The lowest BCUT2D eigenvalue weighted by molar-refractivity contribution is -0.120. The number of carbonyl (C=O) groups excluding carboxylic acids is 2. The van der Waals surface area contributed by atoms with Crippen molar-refractivity contribution in [2.45, 2.75) is 32.6 Å². The van der Waals surface area contributed by atoms with E-state index in [-0.39, 0.29) is 18.4 Å². The van der Waals surface area contributed by atoms with E-state index in [0.717, 1.165) is 19.3 Å². The van der Waals surface area contributed by atoms with Gasteiger partial charge in [0, 0.05) is 12.1 Å². The summed E-state index contributed by atoms with van der Waals surface area (Å²) in [6.07, 6.45) is 4.40. The van der Waals surface area contributed by atoms with Crippen LogP contribution in [0, 0.1) is 0 Å². The van der Waals surface area contributed by atoms with Gasteiger partial charge < -0.3 is 20.1 Å². The highest BCUT2D eigenvalue weighted by Gasteiger charge is 2.11. The van der Waals surface area contributed by atoms with Gasteiger partial charge in [-0.2, -0.15) is 0 Å². The van der Waals surface area contributed by atoms with Crippen molar-refractivity contribution in [3.8, 4) is 11.5 Å². The first-order valence-electron chi connectivity index (χ1n) is 7.89. The first-order chi connectivity index (χ1) is 11.1. The number of rotatable bonds is 10. The van der Waals surface area contributed by atoms with Gasteiger partial charge in [-0.05, 0) is 24.6 Å². The molecule has 6 nitrogen and oxygen atoms in total. The van der Waals surface area contributed by atoms with Crippen molar-refractivity contribution in [1.82, 2.24) is 10.6 Å². The predicted molar refractivity (Wildman–Crippen MR) is 89.0 cm³/mol. The smallest absolute Gasteiger partial charge is 0.251 e. The maximum atomic E-state index is 12.0. The van der Waals surface area contributed by atoms with Crippen LogP contribution in [0.25, 0.3) is 0 Å². The summed E-state index contributed by atoms with van der Waals surface area (Å²) in [5.41, 5.74) is 0.415. The van der Waals surface area contributed by atoms with Gasteiger partial charge in [0.25, 0.3) is 5.91 Å². The van der Waals surface area contributed by atoms with Crippen LogP contribution in [-0.2, 0) is 4.79 Å². The highest BCUT2D eigenvalue weighted by atomic mass is 16.5. The van der Waals surface area contributed by atoms with Crippen molar-refractivity contribution in [2.75, 3.05) is 27.3 Å². The van der Waals surface area contributed by atoms with Crippen LogP contribution in [0.15, 0.2) is 18.2 Å². The van der Waals surface area contributed by atoms with E-state index in [0.29, 0.717) is 23.6 Å². The number of ether oxygens (including phenoxy) is 2. The fraction of sp³-hybridized carbons (Fsp3) is 0.529. The second-order valence-electron chi connectivity index (χ2n) is 5.16. The molecule has 0 radical (unpaired) electrons. The van der Waals surface area contributed by atoms with Crippen molar-refractivity contribution in [3.05, 3.63) is 23.8 Å². The summed E-state index contributed by atoms with van der Waals surface area (Å²) in [5, 5.41) is 5.38. The maximum Gasteiger partial charge on any atom is 0.251 e. The monoisotopic (exact) mass is 322 g/mol. The summed E-state index contributed by atoms with van der Waals surface area (Å²) in [7, 11) is 3.04. The number of amides is 2. The van der Waals surface area contributed by atoms with E-state index in [1.54, 1.807) is 18.2 Å². The molecule has 0 aliphatic heterocycles. The highest BCUT2D eigenvalue weighted by Crippen LogP contribution is 2.27. The van der Waals surface area contributed by atoms with Gasteiger partial charge in [-0.3, -0.25) is 9.59 Å². The largest absolute Gasteiger partial charge is 0.493 e. The van der Waals surface area contributed by atoms with Gasteiger partial charge in [0.2, 0.25) is 5.91 Å². The quantitative estimate of drug-likeness (QED) is 0.647. The predicted octanol–water partition coefficient (Wildman–Crippen LogP) is 2.13. The number of hydrogen-bond acceptors (Lipinski definition) is 4. The number of nitrogens with one attached hydrogen (secondary N) is 2. The Bertz CT molecular complexity index is 517. The summed E-state index contributed by atoms with van der Waals surface area (Å²) in [5.74, 6) is 0.511. The number of benzene rings is 1. The second kappa shape index (κ2) is 10.5. The molecule has 0 heterocycles. The summed E-state index contributed by atoms with van der Waals surface area (Å²) in [6, 6.07) is 4.86. The zero-order valence-corrected chi connectivity index (χ0v) is 14.1. The molecule has 23 heavy (non-hydrogen) atoms. The Balaban J connectivity index is 2.40. The summed E-state index contributed by atoms with van der Waals surface area (Å²) >= 11 is 0. The van der Waals surface area contributed by atoms with Gasteiger partial charge in [-0.25, -0.2) is 0 Å². The van der Waals surface area contributed by atoms with Gasteiger partial charge in [-0.15, -0.1) is 0 Å². The first-order valence-corrected chi connectivity index (χ1v) is 7.89. The van der Waals surface area contributed by atoms with Crippen LogP contribution in [0.4, 0.5) is 0 Å². The Labute approximate surface area is 137 Å². The minimum atomic E-state index is -0.327. The van der Waals surface area contributed by atoms with E-state index < -0.39 is 0 Å². The molecule has 0 atom stereocenters. The lowest BCUT2D eigenvalue weighted by Crippen LogP contribution is -2.37. The molecule has 128 valence electrons. The van der Waals surface area contributed by atoms with Gasteiger partial charge in [0.1, 0.15) is 0 Å². The zero-order chi connectivity index (χ0) is 17.1. The Hall–Kier alpha value is -2.24. The average Bonchev–Trinajstić information content (AvgIpc) is 2.58. The molecule has 2 amide bonds. The molecule has 0 aliphatic carbocycles. The standard InChI is InChI=1S/C17H26N2O4/c1-4-5-6-7-10-18-16(20)12-19-17(21)13-8-9-14(22-2)15(11-13)23-3/h8-9,11H,4-7,10,12H2,1-3H3,(H,18,20)(H,19,21). The average molecular weight is 322 g/mol. The molecule has 0 aromatic heterocycles. The minimum absolute atomic E-state index is 0.0407. The Morgan fingerprint density at radius 2 is 1.74 bits per heavy atom. The summed E-state index contributed by atoms with van der Waals surface area (Å²) < 4.78 is 10.3. The normalized spacial score (nSPS) is 10.0. The third-order valence-corrected chi connectivity index (χ3v) is 3.41. The van der Waals surface area contributed by atoms with Crippen molar-refractivity contribution >= 4 is 11.8 Å². The molecule has 0 saturated heterocycles. The third-order valence-electron chi connectivity index (χ3n) is 3.41. The molecule has 2 N–H and O–H groups in total. The number of methoxy groups -OCH3 is 2. The lowest BCUT2D eigenvalue weighted by atomic mass is 10.2. The van der Waals surface area contributed by atoms with Gasteiger partial charge in [0.05, 0.1) is 20.8 Å². The molecule has 0 bridgehead atoms. The summed E-state index contributed by atoms with van der Waals surface area (Å²) in [4.78, 5) is 23.7. The minimum Gasteiger partial charge on any atom is -0.493 e. The van der Waals surface area contributed by atoms with Crippen LogP contribution in [0.3, 0.4) is 0 Å². The molecule has 1 rings (SSSR count).